The molecule has 0 heterocycles. The van der Waals surface area contributed by atoms with E-state index in [4.69, 9.17) is 9.47 Å². The van der Waals surface area contributed by atoms with E-state index >= 15 is 0 Å². The Morgan fingerprint density at radius 2 is 1.93 bits per heavy atom. The van der Waals surface area contributed by atoms with Crippen molar-refractivity contribution in [3.63, 3.8) is 0 Å². The van der Waals surface area contributed by atoms with Gasteiger partial charge in [0.1, 0.15) is 6.61 Å². The summed E-state index contributed by atoms with van der Waals surface area (Å²) in [5.74, 6) is -0.268. The molecule has 0 N–H and O–H groups in total. The lowest BCUT2D eigenvalue weighted by molar-refractivity contribution is -0.152. The molecule has 0 aromatic heterocycles. The number of hydrogen-bond acceptors (Lipinski definition) is 3. The first kappa shape index (κ1) is 13.4. The van der Waals surface area contributed by atoms with Crippen LogP contribution in [0.4, 0.5) is 0 Å². The van der Waals surface area contributed by atoms with E-state index in [0.29, 0.717) is 6.61 Å². The van der Waals surface area contributed by atoms with Crippen molar-refractivity contribution in [3.8, 4) is 0 Å². The molecule has 0 aromatic rings. The number of ether oxygens (including phenoxy) is 2. The zero-order valence-electron chi connectivity index (χ0n) is 9.54. The molecule has 0 saturated heterocycles. The summed E-state index contributed by atoms with van der Waals surface area (Å²) >= 11 is 0. The van der Waals surface area contributed by atoms with Crippen LogP contribution in [0.5, 0.6) is 0 Å². The van der Waals surface area contributed by atoms with Gasteiger partial charge in [0.05, 0.1) is 6.10 Å². The minimum Gasteiger partial charge on any atom is -0.461 e. The van der Waals surface area contributed by atoms with Crippen LogP contribution in [0.25, 0.3) is 0 Å². The average molecular weight is 202 g/mol. The number of unbranched alkanes of at least 4 members (excludes halogenated alkanes) is 3. The topological polar surface area (TPSA) is 35.5 Å². The van der Waals surface area contributed by atoms with Crippen molar-refractivity contribution in [2.75, 3.05) is 13.2 Å². The normalized spacial score (nSPS) is 10.6. The number of carbonyl (C=O) groups excluding carboxylic acids is 1. The van der Waals surface area contributed by atoms with Gasteiger partial charge in [-0.05, 0) is 20.3 Å². The Morgan fingerprint density at radius 3 is 2.50 bits per heavy atom. The highest BCUT2D eigenvalue weighted by Gasteiger charge is 2.04. The number of hydrogen-bond donors (Lipinski definition) is 0. The van der Waals surface area contributed by atoms with E-state index in [1.807, 2.05) is 13.8 Å². The van der Waals surface area contributed by atoms with Gasteiger partial charge in [-0.25, -0.2) is 4.79 Å². The zero-order chi connectivity index (χ0) is 10.8. The molecule has 0 unspecified atom stereocenters. The molecule has 0 aromatic carbocycles. The van der Waals surface area contributed by atoms with Crippen molar-refractivity contribution in [1.29, 1.82) is 0 Å². The molecule has 0 bridgehead atoms. The largest absolute Gasteiger partial charge is 0.461 e. The van der Waals surface area contributed by atoms with Crippen LogP contribution >= 0.6 is 0 Å². The van der Waals surface area contributed by atoms with Crippen LogP contribution in [0.1, 0.15) is 46.5 Å². The Hall–Kier alpha value is -0.570. The second-order valence-electron chi connectivity index (χ2n) is 3.65. The van der Waals surface area contributed by atoms with Crippen LogP contribution in [0.3, 0.4) is 0 Å². The zero-order valence-corrected chi connectivity index (χ0v) is 9.54. The van der Waals surface area contributed by atoms with E-state index in [9.17, 15) is 4.79 Å². The van der Waals surface area contributed by atoms with E-state index in [-0.39, 0.29) is 18.7 Å². The van der Waals surface area contributed by atoms with Crippen molar-refractivity contribution < 1.29 is 14.3 Å². The first-order chi connectivity index (χ1) is 6.66. The molecule has 14 heavy (non-hydrogen) atoms. The van der Waals surface area contributed by atoms with Gasteiger partial charge >= 0.3 is 5.97 Å². The summed E-state index contributed by atoms with van der Waals surface area (Å²) in [6.45, 7) is 6.58. The van der Waals surface area contributed by atoms with Crippen LogP contribution in [-0.4, -0.2) is 25.3 Å². The number of esters is 1. The van der Waals surface area contributed by atoms with Gasteiger partial charge in [0, 0.05) is 6.61 Å². The van der Waals surface area contributed by atoms with Gasteiger partial charge in [-0.1, -0.05) is 26.2 Å². The fraction of sp³-hybridized carbons (Fsp3) is 0.909. The predicted octanol–water partition coefficient (Wildman–Crippen LogP) is 2.53. The molecular formula is C11H22O3. The lowest BCUT2D eigenvalue weighted by atomic mass is 10.2. The van der Waals surface area contributed by atoms with Gasteiger partial charge in [0.2, 0.25) is 0 Å². The maximum atomic E-state index is 11.0. The van der Waals surface area contributed by atoms with E-state index < -0.39 is 0 Å². The van der Waals surface area contributed by atoms with Crippen LogP contribution in [0.15, 0.2) is 0 Å². The summed E-state index contributed by atoms with van der Waals surface area (Å²) in [7, 11) is 0. The van der Waals surface area contributed by atoms with E-state index in [0.717, 1.165) is 6.42 Å². The SMILES string of the molecule is CCCCCCOCC(=O)OC(C)C. The van der Waals surface area contributed by atoms with E-state index in [2.05, 4.69) is 6.92 Å². The Kier molecular flexibility index (Phi) is 8.64. The third kappa shape index (κ3) is 9.52. The second-order valence-corrected chi connectivity index (χ2v) is 3.65. The van der Waals surface area contributed by atoms with Crippen molar-refractivity contribution in [2.45, 2.75) is 52.6 Å². The third-order valence-corrected chi connectivity index (χ3v) is 1.73. The predicted molar refractivity (Wildman–Crippen MR) is 56.2 cm³/mol. The molecule has 84 valence electrons. The Balaban J connectivity index is 3.15. The molecule has 0 rings (SSSR count). The number of rotatable bonds is 8. The monoisotopic (exact) mass is 202 g/mol. The minimum atomic E-state index is -0.268. The van der Waals surface area contributed by atoms with Crippen LogP contribution in [0, 0.1) is 0 Å². The average Bonchev–Trinajstić information content (AvgIpc) is 2.10. The summed E-state index contributed by atoms with van der Waals surface area (Å²) in [6, 6.07) is 0. The summed E-state index contributed by atoms with van der Waals surface area (Å²) in [6.07, 6.45) is 4.61. The minimum absolute atomic E-state index is 0.0498. The summed E-state index contributed by atoms with van der Waals surface area (Å²) in [5, 5.41) is 0. The summed E-state index contributed by atoms with van der Waals surface area (Å²) in [5.41, 5.74) is 0. The standard InChI is InChI=1S/C11H22O3/c1-4-5-6-7-8-13-9-11(12)14-10(2)3/h10H,4-9H2,1-3H3. The van der Waals surface area contributed by atoms with E-state index in [1.165, 1.54) is 19.3 Å². The van der Waals surface area contributed by atoms with Gasteiger partial charge in [-0.3, -0.25) is 0 Å². The lowest BCUT2D eigenvalue weighted by Gasteiger charge is -2.07. The number of carbonyl (C=O) groups is 1. The Morgan fingerprint density at radius 1 is 1.21 bits per heavy atom. The first-order valence-electron chi connectivity index (χ1n) is 5.44. The molecule has 0 spiro atoms. The highest BCUT2D eigenvalue weighted by atomic mass is 16.6. The van der Waals surface area contributed by atoms with Crippen molar-refractivity contribution >= 4 is 5.97 Å². The highest BCUT2D eigenvalue weighted by molar-refractivity contribution is 5.70. The van der Waals surface area contributed by atoms with Gasteiger partial charge in [0.15, 0.2) is 0 Å². The van der Waals surface area contributed by atoms with Crippen LogP contribution in [0.2, 0.25) is 0 Å². The first-order valence-corrected chi connectivity index (χ1v) is 5.44. The summed E-state index contributed by atoms with van der Waals surface area (Å²) in [4.78, 5) is 11.0. The smallest absolute Gasteiger partial charge is 0.332 e. The molecule has 0 radical (unpaired) electrons. The quantitative estimate of drug-likeness (QED) is 0.448. The molecule has 0 atom stereocenters. The van der Waals surface area contributed by atoms with Gasteiger partial charge < -0.3 is 9.47 Å². The maximum absolute atomic E-state index is 11.0. The molecular weight excluding hydrogens is 180 g/mol. The molecule has 3 nitrogen and oxygen atoms in total. The van der Waals surface area contributed by atoms with Crippen molar-refractivity contribution in [1.82, 2.24) is 0 Å². The van der Waals surface area contributed by atoms with Crippen molar-refractivity contribution in [2.24, 2.45) is 0 Å². The highest BCUT2D eigenvalue weighted by Crippen LogP contribution is 1.99. The third-order valence-electron chi connectivity index (χ3n) is 1.73. The Labute approximate surface area is 86.8 Å². The molecule has 0 aliphatic heterocycles. The maximum Gasteiger partial charge on any atom is 0.332 e. The molecule has 0 amide bonds. The van der Waals surface area contributed by atoms with Crippen molar-refractivity contribution in [3.05, 3.63) is 0 Å². The molecule has 0 fully saturated rings. The van der Waals surface area contributed by atoms with Crippen LogP contribution in [-0.2, 0) is 14.3 Å². The van der Waals surface area contributed by atoms with Gasteiger partial charge in [-0.2, -0.15) is 0 Å². The molecule has 0 saturated carbocycles. The molecule has 0 aliphatic rings. The fourth-order valence-corrected chi connectivity index (χ4v) is 1.08. The molecule has 0 aliphatic carbocycles. The lowest BCUT2D eigenvalue weighted by Crippen LogP contribution is -2.17. The van der Waals surface area contributed by atoms with E-state index in [1.54, 1.807) is 0 Å². The second kappa shape index (κ2) is 9.00. The fourth-order valence-electron chi connectivity index (χ4n) is 1.08. The Bertz CT molecular complexity index is 143. The summed E-state index contributed by atoms with van der Waals surface area (Å²) < 4.78 is 10.1. The van der Waals surface area contributed by atoms with Crippen LogP contribution < -0.4 is 0 Å². The molecule has 3 heteroatoms. The van der Waals surface area contributed by atoms with Gasteiger partial charge in [0.25, 0.3) is 0 Å². The van der Waals surface area contributed by atoms with Gasteiger partial charge in [-0.15, -0.1) is 0 Å².